The molecule has 0 bridgehead atoms. The lowest BCUT2D eigenvalue weighted by Gasteiger charge is -2.14. The Morgan fingerprint density at radius 1 is 1.18 bits per heavy atom. The number of hydrogen-bond acceptors (Lipinski definition) is 7. The first kappa shape index (κ1) is 23.9. The maximum atomic E-state index is 12.4. The minimum atomic E-state index is -0.602. The number of amides is 1. The number of anilines is 1. The molecule has 9 heteroatoms. The number of nitrogens with zero attached hydrogens (tertiary/aromatic N) is 2. The summed E-state index contributed by atoms with van der Waals surface area (Å²) in [6.07, 6.45) is 1.44. The van der Waals surface area contributed by atoms with Gasteiger partial charge >= 0.3 is 0 Å². The van der Waals surface area contributed by atoms with E-state index in [-0.39, 0.29) is 11.4 Å². The number of ether oxygens (including phenoxy) is 3. The molecular formula is C24H22BrN3O5. The number of carbonyl (C=O) groups excluding carboxylic acids is 1. The Balaban J connectivity index is 1.68. The van der Waals surface area contributed by atoms with E-state index in [1.807, 2.05) is 37.3 Å². The summed E-state index contributed by atoms with van der Waals surface area (Å²) in [4.78, 5) is 12.4. The highest BCUT2D eigenvalue weighted by Gasteiger charge is 2.15. The molecule has 3 aromatic rings. The zero-order chi connectivity index (χ0) is 23.8. The lowest BCUT2D eigenvalue weighted by Crippen LogP contribution is -2.13. The normalized spacial score (nSPS) is 10.9. The van der Waals surface area contributed by atoms with Gasteiger partial charge in [-0.25, -0.2) is 0 Å². The van der Waals surface area contributed by atoms with Crippen molar-refractivity contribution in [2.75, 3.05) is 25.6 Å². The van der Waals surface area contributed by atoms with Crippen molar-refractivity contribution in [2.24, 2.45) is 0 Å². The molecule has 1 N–H and O–H groups in total. The molecule has 0 atom stereocenters. The van der Waals surface area contributed by atoms with Gasteiger partial charge in [-0.2, -0.15) is 5.26 Å². The van der Waals surface area contributed by atoms with Gasteiger partial charge in [-0.15, -0.1) is 0 Å². The first-order valence-electron chi connectivity index (χ1n) is 9.96. The Kier molecular flexibility index (Phi) is 8.11. The Labute approximate surface area is 199 Å². The highest BCUT2D eigenvalue weighted by atomic mass is 79.9. The summed E-state index contributed by atoms with van der Waals surface area (Å²) in [5, 5.41) is 15.7. The van der Waals surface area contributed by atoms with E-state index in [2.05, 4.69) is 26.4 Å². The van der Waals surface area contributed by atoms with E-state index in [1.54, 1.807) is 25.1 Å². The van der Waals surface area contributed by atoms with E-state index in [9.17, 15) is 10.1 Å². The minimum absolute atomic E-state index is 0.107. The fraction of sp³-hybridized carbons (Fsp3) is 0.208. The van der Waals surface area contributed by atoms with Crippen LogP contribution in [0.2, 0.25) is 0 Å². The molecule has 1 amide bonds. The van der Waals surface area contributed by atoms with Crippen molar-refractivity contribution in [1.29, 1.82) is 5.26 Å². The Bertz CT molecular complexity index is 1200. The Hall–Kier alpha value is -3.77. The predicted molar refractivity (Wildman–Crippen MR) is 126 cm³/mol. The first-order chi connectivity index (χ1) is 15.9. The third-order valence-corrected chi connectivity index (χ3v) is 5.01. The van der Waals surface area contributed by atoms with E-state index >= 15 is 0 Å². The molecule has 0 saturated carbocycles. The van der Waals surface area contributed by atoms with Crippen molar-refractivity contribution in [1.82, 2.24) is 5.16 Å². The minimum Gasteiger partial charge on any atom is -0.493 e. The molecule has 0 unspecified atom stereocenters. The number of nitriles is 1. The van der Waals surface area contributed by atoms with Crippen LogP contribution in [0.3, 0.4) is 0 Å². The highest BCUT2D eigenvalue weighted by molar-refractivity contribution is 9.10. The van der Waals surface area contributed by atoms with Crippen LogP contribution in [0.25, 0.3) is 6.08 Å². The average molecular weight is 512 g/mol. The van der Waals surface area contributed by atoms with Gasteiger partial charge in [-0.1, -0.05) is 22.9 Å². The zero-order valence-electron chi connectivity index (χ0n) is 18.3. The fourth-order valence-corrected chi connectivity index (χ4v) is 3.40. The number of aromatic nitrogens is 1. The number of methoxy groups -OCH3 is 1. The van der Waals surface area contributed by atoms with Gasteiger partial charge in [0.25, 0.3) is 5.91 Å². The van der Waals surface area contributed by atoms with Gasteiger partial charge < -0.3 is 24.1 Å². The van der Waals surface area contributed by atoms with Crippen molar-refractivity contribution < 1.29 is 23.5 Å². The SMILES string of the molecule is COc1cc(C=C(C#N)C(=O)Nc2cc(C)on2)cc(Br)c1OCCOc1ccc(C)cc1. The Morgan fingerprint density at radius 3 is 2.55 bits per heavy atom. The molecule has 1 heterocycles. The number of halogens is 1. The van der Waals surface area contributed by atoms with Crippen LogP contribution in [0.5, 0.6) is 17.2 Å². The van der Waals surface area contributed by atoms with Crippen LogP contribution in [0, 0.1) is 25.2 Å². The second-order valence-corrected chi connectivity index (χ2v) is 7.85. The van der Waals surface area contributed by atoms with E-state index < -0.39 is 5.91 Å². The predicted octanol–water partition coefficient (Wildman–Crippen LogP) is 5.07. The second kappa shape index (κ2) is 11.2. The van der Waals surface area contributed by atoms with Gasteiger partial charge in [-0.05, 0) is 65.7 Å². The molecule has 0 spiro atoms. The van der Waals surface area contributed by atoms with Crippen LogP contribution in [-0.4, -0.2) is 31.4 Å². The molecule has 0 saturated heterocycles. The Morgan fingerprint density at radius 2 is 1.91 bits per heavy atom. The first-order valence-corrected chi connectivity index (χ1v) is 10.7. The number of nitrogens with one attached hydrogen (secondary N) is 1. The standard InChI is InChI=1S/C24H22BrN3O5/c1-15-4-6-19(7-5-15)31-8-9-32-23-20(25)12-17(13-21(23)30-3)11-18(14-26)24(29)27-22-10-16(2)33-28-22/h4-7,10-13H,8-9H2,1-3H3,(H,27,28,29). The maximum absolute atomic E-state index is 12.4. The lowest BCUT2D eigenvalue weighted by molar-refractivity contribution is -0.112. The summed E-state index contributed by atoms with van der Waals surface area (Å²) < 4.78 is 22.5. The second-order valence-electron chi connectivity index (χ2n) is 6.99. The quantitative estimate of drug-likeness (QED) is 0.243. The topological polar surface area (TPSA) is 107 Å². The molecule has 170 valence electrons. The van der Waals surface area contributed by atoms with E-state index in [0.29, 0.717) is 40.5 Å². The van der Waals surface area contributed by atoms with Crippen molar-refractivity contribution in [3.8, 4) is 23.3 Å². The number of carbonyl (C=O) groups is 1. The molecule has 3 rings (SSSR count). The fourth-order valence-electron chi connectivity index (χ4n) is 2.83. The maximum Gasteiger partial charge on any atom is 0.267 e. The van der Waals surface area contributed by atoms with Crippen molar-refractivity contribution in [3.05, 3.63) is 69.4 Å². The number of benzene rings is 2. The summed E-state index contributed by atoms with van der Waals surface area (Å²) >= 11 is 3.47. The van der Waals surface area contributed by atoms with Crippen LogP contribution >= 0.6 is 15.9 Å². The largest absolute Gasteiger partial charge is 0.493 e. The van der Waals surface area contributed by atoms with Crippen molar-refractivity contribution in [2.45, 2.75) is 13.8 Å². The van der Waals surface area contributed by atoms with Crippen molar-refractivity contribution >= 4 is 33.7 Å². The molecule has 0 fully saturated rings. The van der Waals surface area contributed by atoms with Crippen LogP contribution in [0.15, 0.2) is 57.0 Å². The van der Waals surface area contributed by atoms with E-state index in [0.717, 1.165) is 11.3 Å². The van der Waals surface area contributed by atoms with Gasteiger partial charge in [0.1, 0.15) is 36.4 Å². The third kappa shape index (κ3) is 6.60. The van der Waals surface area contributed by atoms with Gasteiger partial charge in [0.2, 0.25) is 0 Å². The van der Waals surface area contributed by atoms with Crippen molar-refractivity contribution in [3.63, 3.8) is 0 Å². The molecule has 0 aliphatic rings. The molecule has 0 radical (unpaired) electrons. The van der Waals surface area contributed by atoms with E-state index in [1.165, 1.54) is 13.2 Å². The lowest BCUT2D eigenvalue weighted by atomic mass is 10.1. The molecule has 2 aromatic carbocycles. The summed E-state index contributed by atoms with van der Waals surface area (Å²) in [5.41, 5.74) is 1.63. The average Bonchev–Trinajstić information content (AvgIpc) is 3.21. The summed E-state index contributed by atoms with van der Waals surface area (Å²) in [5.74, 6) is 1.86. The monoisotopic (exact) mass is 511 g/mol. The number of aryl methyl sites for hydroxylation is 2. The molecule has 33 heavy (non-hydrogen) atoms. The van der Waals surface area contributed by atoms with Crippen LogP contribution in [0.4, 0.5) is 5.82 Å². The van der Waals surface area contributed by atoms with Crippen LogP contribution in [-0.2, 0) is 4.79 Å². The van der Waals surface area contributed by atoms with Gasteiger partial charge in [0, 0.05) is 6.07 Å². The molecular weight excluding hydrogens is 490 g/mol. The van der Waals surface area contributed by atoms with E-state index in [4.69, 9.17) is 18.7 Å². The third-order valence-electron chi connectivity index (χ3n) is 4.42. The summed E-state index contributed by atoms with van der Waals surface area (Å²) in [7, 11) is 1.51. The van der Waals surface area contributed by atoms with Gasteiger partial charge in [0.05, 0.1) is 11.6 Å². The molecule has 1 aromatic heterocycles. The summed E-state index contributed by atoms with van der Waals surface area (Å²) in [6, 6.07) is 14.6. The molecule has 8 nitrogen and oxygen atoms in total. The number of hydrogen-bond donors (Lipinski definition) is 1. The zero-order valence-corrected chi connectivity index (χ0v) is 19.9. The highest BCUT2D eigenvalue weighted by Crippen LogP contribution is 2.37. The summed E-state index contributed by atoms with van der Waals surface area (Å²) in [6.45, 7) is 4.35. The van der Waals surface area contributed by atoms with Crippen LogP contribution < -0.4 is 19.5 Å². The molecule has 0 aliphatic carbocycles. The van der Waals surface area contributed by atoms with Gasteiger partial charge in [0.15, 0.2) is 17.3 Å². The van der Waals surface area contributed by atoms with Crippen LogP contribution in [0.1, 0.15) is 16.9 Å². The smallest absolute Gasteiger partial charge is 0.267 e. The van der Waals surface area contributed by atoms with Gasteiger partial charge in [-0.3, -0.25) is 4.79 Å². The number of rotatable bonds is 9. The molecule has 0 aliphatic heterocycles.